The molecule has 6 heteroatoms. The lowest BCUT2D eigenvalue weighted by Crippen LogP contribution is -2.49. The number of hydrogen-bond donors (Lipinski definition) is 0. The first-order valence-electron chi connectivity index (χ1n) is 14.2. The topological polar surface area (TPSA) is 58.6 Å². The number of rotatable bonds is 6. The minimum Gasteiger partial charge on any atom is -0.471 e. The second-order valence-electron chi connectivity index (χ2n) is 12.2. The number of aryl methyl sites for hydroxylation is 4. The summed E-state index contributed by atoms with van der Waals surface area (Å²) in [6.07, 6.45) is 1.84. The second-order valence-corrected chi connectivity index (χ2v) is 12.2. The molecule has 1 amide bonds. The first kappa shape index (κ1) is 28.8. The number of aromatic nitrogens is 2. The van der Waals surface area contributed by atoms with E-state index in [1.165, 1.54) is 11.1 Å². The van der Waals surface area contributed by atoms with Gasteiger partial charge in [-0.2, -0.15) is 4.98 Å². The fourth-order valence-electron chi connectivity index (χ4n) is 5.29. The second kappa shape index (κ2) is 12.3. The van der Waals surface area contributed by atoms with Crippen molar-refractivity contribution >= 4 is 5.91 Å². The summed E-state index contributed by atoms with van der Waals surface area (Å²) in [7, 11) is 0. The third-order valence-electron chi connectivity index (χ3n) is 7.36. The smallest absolute Gasteiger partial charge is 0.253 e. The van der Waals surface area contributed by atoms with Gasteiger partial charge in [0.2, 0.25) is 5.88 Å². The summed E-state index contributed by atoms with van der Waals surface area (Å²) in [5.74, 6) is 1.29. The Kier molecular flexibility index (Phi) is 9.06. The van der Waals surface area contributed by atoms with E-state index in [2.05, 4.69) is 62.7 Å². The quantitative estimate of drug-likeness (QED) is 0.370. The molecule has 3 aromatic rings. The summed E-state index contributed by atoms with van der Waals surface area (Å²) in [4.78, 5) is 27.4. The zero-order chi connectivity index (χ0) is 28.2. The molecule has 1 aliphatic rings. The van der Waals surface area contributed by atoms with Gasteiger partial charge in [0.05, 0.1) is 12.2 Å². The molecule has 0 aliphatic carbocycles. The summed E-state index contributed by atoms with van der Waals surface area (Å²) >= 11 is 0. The minimum atomic E-state index is -0.209. The lowest BCUT2D eigenvalue weighted by Gasteiger charge is -2.36. The molecule has 0 bridgehead atoms. The predicted octanol–water partition coefficient (Wildman–Crippen LogP) is 6.41. The van der Waals surface area contributed by atoms with Gasteiger partial charge in [-0.15, -0.1) is 0 Å². The standard InChI is InChI=1S/C33H44N4O2/c1-23-11-8-14-27(19-23)32(38)37-17-10-16-36(18-15-33(5,6)7)21-28(22-37)39-30-20-29(34-26(4)35-30)31-24(2)12-9-13-25(31)3/h8-9,11-14,19-20,28H,10,15-18,21-22H2,1-7H3. The molecule has 0 spiro atoms. The van der Waals surface area contributed by atoms with Gasteiger partial charge in [-0.05, 0) is 82.3 Å². The molecule has 39 heavy (non-hydrogen) atoms. The van der Waals surface area contributed by atoms with E-state index in [9.17, 15) is 4.79 Å². The Morgan fingerprint density at radius 3 is 2.36 bits per heavy atom. The summed E-state index contributed by atoms with van der Waals surface area (Å²) in [5, 5.41) is 0. The van der Waals surface area contributed by atoms with Crippen molar-refractivity contribution in [3.05, 3.63) is 76.6 Å². The van der Waals surface area contributed by atoms with E-state index >= 15 is 0 Å². The summed E-state index contributed by atoms with van der Waals surface area (Å²) in [6, 6.07) is 16.1. The maximum absolute atomic E-state index is 13.6. The molecule has 1 atom stereocenters. The Hall–Kier alpha value is -3.25. The van der Waals surface area contributed by atoms with Crippen molar-refractivity contribution in [3.63, 3.8) is 0 Å². The number of carbonyl (C=O) groups is 1. The lowest BCUT2D eigenvalue weighted by atomic mass is 9.92. The lowest BCUT2D eigenvalue weighted by molar-refractivity contribution is 0.0468. The minimum absolute atomic E-state index is 0.0607. The van der Waals surface area contributed by atoms with Crippen molar-refractivity contribution < 1.29 is 9.53 Å². The third-order valence-corrected chi connectivity index (χ3v) is 7.36. The molecular weight excluding hydrogens is 484 g/mol. The van der Waals surface area contributed by atoms with Gasteiger partial charge in [0.1, 0.15) is 11.9 Å². The molecule has 0 radical (unpaired) electrons. The number of benzene rings is 2. The van der Waals surface area contributed by atoms with Crippen molar-refractivity contribution in [3.8, 4) is 17.1 Å². The average Bonchev–Trinajstić information content (AvgIpc) is 2.83. The van der Waals surface area contributed by atoms with Crippen molar-refractivity contribution in [1.82, 2.24) is 19.8 Å². The SMILES string of the molecule is Cc1cccc(C(=O)N2CCCN(CCC(C)(C)C)CC(Oc3cc(-c4c(C)cccc4C)nc(C)n3)C2)c1. The number of nitrogens with zero attached hydrogens (tertiary/aromatic N) is 4. The highest BCUT2D eigenvalue weighted by atomic mass is 16.5. The van der Waals surface area contributed by atoms with Crippen LogP contribution in [0.15, 0.2) is 48.5 Å². The van der Waals surface area contributed by atoms with Crippen molar-refractivity contribution in [2.24, 2.45) is 5.41 Å². The van der Waals surface area contributed by atoms with Crippen LogP contribution in [0.4, 0.5) is 0 Å². The van der Waals surface area contributed by atoms with E-state index in [1.807, 2.05) is 49.1 Å². The molecular formula is C33H44N4O2. The monoisotopic (exact) mass is 528 g/mol. The summed E-state index contributed by atoms with van der Waals surface area (Å²) in [6.45, 7) is 18.9. The molecule has 2 heterocycles. The van der Waals surface area contributed by atoms with Crippen LogP contribution in [-0.4, -0.2) is 64.5 Å². The average molecular weight is 529 g/mol. The number of ether oxygens (including phenoxy) is 1. The van der Waals surface area contributed by atoms with Crippen molar-refractivity contribution in [1.29, 1.82) is 0 Å². The molecule has 1 aromatic heterocycles. The van der Waals surface area contributed by atoms with Crippen molar-refractivity contribution in [2.75, 3.05) is 32.7 Å². The van der Waals surface area contributed by atoms with Crippen LogP contribution in [0.5, 0.6) is 5.88 Å². The first-order chi connectivity index (χ1) is 18.5. The third kappa shape index (κ3) is 7.89. The Morgan fingerprint density at radius 2 is 1.67 bits per heavy atom. The van der Waals surface area contributed by atoms with E-state index in [0.29, 0.717) is 24.8 Å². The van der Waals surface area contributed by atoms with Crippen LogP contribution in [0, 0.1) is 33.1 Å². The van der Waals surface area contributed by atoms with Crippen LogP contribution in [0.25, 0.3) is 11.3 Å². The Morgan fingerprint density at radius 1 is 0.949 bits per heavy atom. The van der Waals surface area contributed by atoms with Crippen molar-refractivity contribution in [2.45, 2.75) is 67.4 Å². The highest BCUT2D eigenvalue weighted by Gasteiger charge is 2.27. The van der Waals surface area contributed by atoms with Crippen LogP contribution in [-0.2, 0) is 0 Å². The van der Waals surface area contributed by atoms with Gasteiger partial charge in [0, 0.05) is 30.3 Å². The molecule has 1 saturated heterocycles. The molecule has 1 fully saturated rings. The van der Waals surface area contributed by atoms with Crippen LogP contribution >= 0.6 is 0 Å². The van der Waals surface area contributed by atoms with Gasteiger partial charge in [-0.1, -0.05) is 56.7 Å². The van der Waals surface area contributed by atoms with Crippen LogP contribution in [0.2, 0.25) is 0 Å². The van der Waals surface area contributed by atoms with E-state index in [1.54, 1.807) is 0 Å². The molecule has 2 aromatic carbocycles. The van der Waals surface area contributed by atoms with Gasteiger partial charge in [-0.3, -0.25) is 9.69 Å². The number of amides is 1. The number of carbonyl (C=O) groups excluding carboxylic acids is 1. The maximum atomic E-state index is 13.6. The Bertz CT molecular complexity index is 1280. The molecule has 0 N–H and O–H groups in total. The fourth-order valence-corrected chi connectivity index (χ4v) is 5.29. The fraction of sp³-hybridized carbons (Fsp3) is 0.485. The van der Waals surface area contributed by atoms with E-state index in [0.717, 1.165) is 54.9 Å². The molecule has 6 nitrogen and oxygen atoms in total. The Labute approximate surface area is 234 Å². The highest BCUT2D eigenvalue weighted by molar-refractivity contribution is 5.94. The Balaban J connectivity index is 1.61. The summed E-state index contributed by atoms with van der Waals surface area (Å²) < 4.78 is 6.63. The largest absolute Gasteiger partial charge is 0.471 e. The van der Waals surface area contributed by atoms with E-state index in [-0.39, 0.29) is 17.4 Å². The summed E-state index contributed by atoms with van der Waals surface area (Å²) in [5.41, 5.74) is 6.42. The zero-order valence-corrected chi connectivity index (χ0v) is 24.8. The van der Waals surface area contributed by atoms with Crippen LogP contribution < -0.4 is 4.74 Å². The van der Waals surface area contributed by atoms with Gasteiger partial charge in [0.15, 0.2) is 0 Å². The normalized spacial score (nSPS) is 17.0. The molecule has 1 aliphatic heterocycles. The van der Waals surface area contributed by atoms with E-state index < -0.39 is 0 Å². The van der Waals surface area contributed by atoms with Gasteiger partial charge < -0.3 is 9.64 Å². The zero-order valence-electron chi connectivity index (χ0n) is 24.8. The first-order valence-corrected chi connectivity index (χ1v) is 14.2. The van der Waals surface area contributed by atoms with Gasteiger partial charge >= 0.3 is 0 Å². The van der Waals surface area contributed by atoms with E-state index in [4.69, 9.17) is 9.72 Å². The molecule has 0 saturated carbocycles. The van der Waals surface area contributed by atoms with Gasteiger partial charge in [0.25, 0.3) is 5.91 Å². The predicted molar refractivity (Wildman–Crippen MR) is 158 cm³/mol. The molecule has 4 rings (SSSR count). The highest BCUT2D eigenvalue weighted by Crippen LogP contribution is 2.28. The maximum Gasteiger partial charge on any atom is 0.253 e. The number of hydrogen-bond acceptors (Lipinski definition) is 5. The van der Waals surface area contributed by atoms with Gasteiger partial charge in [-0.25, -0.2) is 4.98 Å². The molecule has 208 valence electrons. The van der Waals surface area contributed by atoms with Crippen LogP contribution in [0.1, 0.15) is 66.5 Å². The molecule has 1 unspecified atom stereocenters. The van der Waals surface area contributed by atoms with Crippen LogP contribution in [0.3, 0.4) is 0 Å².